The monoisotopic (exact) mass is 346 g/mol. The van der Waals surface area contributed by atoms with Crippen molar-refractivity contribution in [1.29, 1.82) is 0 Å². The maximum Gasteiger partial charge on any atom is 0.239 e. The summed E-state index contributed by atoms with van der Waals surface area (Å²) in [7, 11) is -3.74. The highest BCUT2D eigenvalue weighted by Gasteiger charge is 2.28. The second-order valence-electron chi connectivity index (χ2n) is 5.45. The molecule has 1 N–H and O–H groups in total. The van der Waals surface area contributed by atoms with Crippen molar-refractivity contribution in [2.45, 2.75) is 25.5 Å². The summed E-state index contributed by atoms with van der Waals surface area (Å²) in [6.07, 6.45) is 2.93. The maximum absolute atomic E-state index is 12.1. The van der Waals surface area contributed by atoms with Gasteiger partial charge in [0.25, 0.3) is 0 Å². The zero-order valence-electron chi connectivity index (χ0n) is 12.3. The Labute approximate surface area is 135 Å². The first-order chi connectivity index (χ1) is 10.4. The number of nitrogens with zero attached hydrogens (tertiary/aromatic N) is 1. The highest BCUT2D eigenvalue weighted by molar-refractivity contribution is 7.89. The topological polar surface area (TPSA) is 85.4 Å². The van der Waals surface area contributed by atoms with Gasteiger partial charge in [-0.15, -0.1) is 0 Å². The molecular formula is C14H19ClN2O4S. The summed E-state index contributed by atoms with van der Waals surface area (Å²) in [5.74, 6) is -0.972. The van der Waals surface area contributed by atoms with Gasteiger partial charge in [-0.2, -0.15) is 0 Å². The molecule has 0 radical (unpaired) electrons. The molecule has 0 spiro atoms. The summed E-state index contributed by atoms with van der Waals surface area (Å²) in [4.78, 5) is 16.0. The second kappa shape index (κ2) is 7.39. The van der Waals surface area contributed by atoms with Gasteiger partial charge < -0.3 is 4.74 Å². The number of aromatic nitrogens is 1. The van der Waals surface area contributed by atoms with Gasteiger partial charge in [0, 0.05) is 25.3 Å². The third-order valence-electron chi connectivity index (χ3n) is 3.79. The van der Waals surface area contributed by atoms with Crippen LogP contribution in [0.15, 0.2) is 18.3 Å². The third-order valence-corrected chi connectivity index (χ3v) is 5.24. The summed E-state index contributed by atoms with van der Waals surface area (Å²) >= 11 is 5.65. The predicted octanol–water partition coefficient (Wildman–Crippen LogP) is 1.74. The summed E-state index contributed by atoms with van der Waals surface area (Å²) < 4.78 is 31.5. The van der Waals surface area contributed by atoms with Crippen LogP contribution < -0.4 is 4.72 Å². The number of halogens is 1. The van der Waals surface area contributed by atoms with Gasteiger partial charge in [0.1, 0.15) is 5.15 Å². The van der Waals surface area contributed by atoms with E-state index in [-0.39, 0.29) is 17.6 Å². The molecule has 1 aliphatic heterocycles. The molecule has 1 aliphatic rings. The fourth-order valence-corrected chi connectivity index (χ4v) is 3.71. The van der Waals surface area contributed by atoms with E-state index >= 15 is 0 Å². The van der Waals surface area contributed by atoms with Gasteiger partial charge >= 0.3 is 0 Å². The van der Waals surface area contributed by atoms with E-state index in [0.29, 0.717) is 23.9 Å². The molecule has 0 saturated carbocycles. The molecule has 0 unspecified atom stereocenters. The Hall–Kier alpha value is -1.18. The number of pyridine rings is 1. The number of hydrogen-bond donors (Lipinski definition) is 1. The van der Waals surface area contributed by atoms with Crippen molar-refractivity contribution >= 4 is 27.5 Å². The van der Waals surface area contributed by atoms with Crippen LogP contribution in [0, 0.1) is 11.8 Å². The van der Waals surface area contributed by atoms with Gasteiger partial charge in [0.2, 0.25) is 15.9 Å². The van der Waals surface area contributed by atoms with Crippen LogP contribution in [0.2, 0.25) is 5.15 Å². The summed E-state index contributed by atoms with van der Waals surface area (Å²) in [6, 6.07) is 3.08. The lowest BCUT2D eigenvalue weighted by Gasteiger charge is -2.26. The largest absolute Gasteiger partial charge is 0.381 e. The number of nitrogens with one attached hydrogen (secondary N) is 1. The maximum atomic E-state index is 12.1. The van der Waals surface area contributed by atoms with Crippen LogP contribution in [0.3, 0.4) is 0 Å². The van der Waals surface area contributed by atoms with E-state index in [2.05, 4.69) is 9.71 Å². The molecule has 0 aliphatic carbocycles. The summed E-state index contributed by atoms with van der Waals surface area (Å²) in [5, 5.41) is 0.290. The van der Waals surface area contributed by atoms with Crippen molar-refractivity contribution in [2.75, 3.05) is 13.2 Å². The van der Waals surface area contributed by atoms with Crippen molar-refractivity contribution in [1.82, 2.24) is 9.71 Å². The lowest BCUT2D eigenvalue weighted by Crippen LogP contribution is -2.39. The van der Waals surface area contributed by atoms with Gasteiger partial charge in [-0.1, -0.05) is 24.6 Å². The zero-order chi connectivity index (χ0) is 16.2. The Balaban J connectivity index is 1.95. The van der Waals surface area contributed by atoms with Crippen molar-refractivity contribution < 1.29 is 17.9 Å². The minimum Gasteiger partial charge on any atom is -0.381 e. The number of amides is 1. The SMILES string of the molecule is C[C@H](C(=O)NS(=O)(=O)Cc1ccc(Cl)nc1)C1CCOCC1. The van der Waals surface area contributed by atoms with E-state index in [1.165, 1.54) is 12.3 Å². The summed E-state index contributed by atoms with van der Waals surface area (Å²) in [6.45, 7) is 2.99. The van der Waals surface area contributed by atoms with Crippen LogP contribution in [0.5, 0.6) is 0 Å². The number of hydrogen-bond acceptors (Lipinski definition) is 5. The first-order valence-electron chi connectivity index (χ1n) is 7.10. The van der Waals surface area contributed by atoms with E-state index in [1.54, 1.807) is 13.0 Å². The number of carbonyl (C=O) groups is 1. The van der Waals surface area contributed by atoms with Crippen LogP contribution in [0.4, 0.5) is 0 Å². The average molecular weight is 347 g/mol. The van der Waals surface area contributed by atoms with E-state index in [4.69, 9.17) is 16.3 Å². The molecule has 22 heavy (non-hydrogen) atoms. The minimum absolute atomic E-state index is 0.154. The summed E-state index contributed by atoms with van der Waals surface area (Å²) in [5.41, 5.74) is 0.475. The standard InChI is InChI=1S/C14H19ClN2O4S/c1-10(12-4-6-21-7-5-12)14(18)17-22(19,20)9-11-2-3-13(15)16-8-11/h2-3,8,10,12H,4-7,9H2,1H3,(H,17,18)/t10-/m0/s1. The zero-order valence-corrected chi connectivity index (χ0v) is 13.9. The van der Waals surface area contributed by atoms with Gasteiger partial charge in [-0.25, -0.2) is 13.4 Å². The van der Waals surface area contributed by atoms with Gasteiger partial charge in [0.15, 0.2) is 0 Å². The first kappa shape index (κ1) is 17.2. The third kappa shape index (κ3) is 4.93. The van der Waals surface area contributed by atoms with Gasteiger partial charge in [0.05, 0.1) is 5.75 Å². The Morgan fingerprint density at radius 2 is 2.14 bits per heavy atom. The van der Waals surface area contributed by atoms with E-state index in [0.717, 1.165) is 12.8 Å². The number of sulfonamides is 1. The van der Waals surface area contributed by atoms with Crippen LogP contribution in [0.1, 0.15) is 25.3 Å². The van der Waals surface area contributed by atoms with Crippen molar-refractivity contribution in [2.24, 2.45) is 11.8 Å². The van der Waals surface area contributed by atoms with Crippen LogP contribution in [0.25, 0.3) is 0 Å². The van der Waals surface area contributed by atoms with E-state index < -0.39 is 15.9 Å². The lowest BCUT2D eigenvalue weighted by molar-refractivity contribution is -0.125. The normalized spacial score (nSPS) is 17.9. The Morgan fingerprint density at radius 3 is 2.73 bits per heavy atom. The van der Waals surface area contributed by atoms with Crippen LogP contribution in [-0.4, -0.2) is 32.5 Å². The molecular weight excluding hydrogens is 328 g/mol. The van der Waals surface area contributed by atoms with Crippen LogP contribution >= 0.6 is 11.6 Å². The minimum atomic E-state index is -3.74. The highest BCUT2D eigenvalue weighted by atomic mass is 35.5. The molecule has 6 nitrogen and oxygen atoms in total. The van der Waals surface area contributed by atoms with Gasteiger partial charge in [-0.05, 0) is 30.4 Å². The molecule has 0 bridgehead atoms. The average Bonchev–Trinajstić information content (AvgIpc) is 2.49. The lowest BCUT2D eigenvalue weighted by atomic mass is 9.87. The van der Waals surface area contributed by atoms with Crippen molar-refractivity contribution in [3.05, 3.63) is 29.0 Å². The Kier molecular flexibility index (Phi) is 5.77. The fourth-order valence-electron chi connectivity index (χ4n) is 2.42. The molecule has 1 atom stereocenters. The molecule has 2 rings (SSSR count). The molecule has 1 aromatic rings. The molecule has 1 amide bonds. The van der Waals surface area contributed by atoms with E-state index in [1.807, 2.05) is 0 Å². The first-order valence-corrected chi connectivity index (χ1v) is 9.13. The number of rotatable bonds is 5. The van der Waals surface area contributed by atoms with Gasteiger partial charge in [-0.3, -0.25) is 9.52 Å². The highest BCUT2D eigenvalue weighted by Crippen LogP contribution is 2.23. The Morgan fingerprint density at radius 1 is 1.45 bits per heavy atom. The Bertz CT molecular complexity index is 612. The molecule has 1 fully saturated rings. The fraction of sp³-hybridized carbons (Fsp3) is 0.571. The van der Waals surface area contributed by atoms with Crippen molar-refractivity contribution in [3.8, 4) is 0 Å². The number of carbonyl (C=O) groups excluding carboxylic acids is 1. The molecule has 1 aromatic heterocycles. The molecule has 2 heterocycles. The molecule has 122 valence electrons. The molecule has 8 heteroatoms. The number of ether oxygens (including phenoxy) is 1. The predicted molar refractivity (Wildman–Crippen MR) is 82.7 cm³/mol. The van der Waals surface area contributed by atoms with Crippen molar-refractivity contribution in [3.63, 3.8) is 0 Å². The molecule has 1 saturated heterocycles. The quantitative estimate of drug-likeness (QED) is 0.821. The second-order valence-corrected chi connectivity index (χ2v) is 7.56. The smallest absolute Gasteiger partial charge is 0.239 e. The van der Waals surface area contributed by atoms with E-state index in [9.17, 15) is 13.2 Å². The molecule has 0 aromatic carbocycles. The van der Waals surface area contributed by atoms with Crippen LogP contribution in [-0.2, 0) is 25.3 Å².